The first-order valence-corrected chi connectivity index (χ1v) is 7.94. The predicted octanol–water partition coefficient (Wildman–Crippen LogP) is 0.533. The van der Waals surface area contributed by atoms with Gasteiger partial charge in [0.1, 0.15) is 11.6 Å². The zero-order valence-corrected chi connectivity index (χ0v) is 11.3. The number of hydrogen-bond donors (Lipinski definition) is 1. The lowest BCUT2D eigenvalue weighted by molar-refractivity contribution is 0.586. The summed E-state index contributed by atoms with van der Waals surface area (Å²) in [7, 11) is -2.85. The molecule has 1 N–H and O–H groups in total. The average Bonchev–Trinajstić information content (AvgIpc) is 2.37. The molecular formula is C11H18N4O2S. The van der Waals surface area contributed by atoms with Crippen molar-refractivity contribution in [3.05, 3.63) is 12.4 Å². The fourth-order valence-electron chi connectivity index (χ4n) is 1.79. The topological polar surface area (TPSA) is 75.2 Å². The molecule has 1 aromatic heterocycles. The maximum atomic E-state index is 11.4. The summed E-state index contributed by atoms with van der Waals surface area (Å²) in [6, 6.07) is 0. The molecule has 0 aromatic carbocycles. The normalized spacial score (nSPS) is 18.6. The molecule has 18 heavy (non-hydrogen) atoms. The summed E-state index contributed by atoms with van der Waals surface area (Å²) in [5, 5.41) is 3.17. The molecule has 0 saturated carbocycles. The molecule has 1 aliphatic rings. The van der Waals surface area contributed by atoms with Crippen molar-refractivity contribution in [3.8, 4) is 0 Å². The van der Waals surface area contributed by atoms with Crippen molar-refractivity contribution in [2.24, 2.45) is 0 Å². The molecule has 0 spiro atoms. The van der Waals surface area contributed by atoms with Gasteiger partial charge in [-0.25, -0.2) is 13.4 Å². The molecule has 2 rings (SSSR count). The van der Waals surface area contributed by atoms with Crippen LogP contribution in [0.15, 0.2) is 12.4 Å². The Morgan fingerprint density at radius 1 is 1.33 bits per heavy atom. The smallest absolute Gasteiger partial charge is 0.153 e. The van der Waals surface area contributed by atoms with Crippen LogP contribution in [-0.2, 0) is 9.84 Å². The Labute approximate surface area is 107 Å². The van der Waals surface area contributed by atoms with E-state index in [1.54, 1.807) is 12.4 Å². The largest absolute Gasteiger partial charge is 0.369 e. The first-order valence-electron chi connectivity index (χ1n) is 6.12. The van der Waals surface area contributed by atoms with Gasteiger partial charge in [0, 0.05) is 19.6 Å². The number of nitrogens with one attached hydrogen (secondary N) is 1. The molecule has 1 fully saturated rings. The lowest BCUT2D eigenvalue weighted by Gasteiger charge is -2.27. The standard InChI is InChI=1S/C11H18N4O2S/c1-2-3-13-10-8-12-9-11(14-10)15-4-6-18(16,17)7-5-15/h8-9H,2-7H2,1H3,(H,13,14). The first kappa shape index (κ1) is 13.1. The summed E-state index contributed by atoms with van der Waals surface area (Å²) < 4.78 is 22.7. The van der Waals surface area contributed by atoms with Gasteiger partial charge in [0.25, 0.3) is 0 Å². The van der Waals surface area contributed by atoms with Crippen LogP contribution < -0.4 is 10.2 Å². The highest BCUT2D eigenvalue weighted by molar-refractivity contribution is 7.91. The number of sulfone groups is 1. The van der Waals surface area contributed by atoms with E-state index in [0.29, 0.717) is 13.1 Å². The summed E-state index contributed by atoms with van der Waals surface area (Å²) in [5.74, 6) is 1.87. The molecule has 100 valence electrons. The highest BCUT2D eigenvalue weighted by atomic mass is 32.2. The molecule has 2 heterocycles. The third-order valence-electron chi connectivity index (χ3n) is 2.85. The second-order valence-electron chi connectivity index (χ2n) is 4.33. The Kier molecular flexibility index (Phi) is 4.00. The van der Waals surface area contributed by atoms with E-state index in [1.807, 2.05) is 4.90 Å². The lowest BCUT2D eigenvalue weighted by atomic mass is 10.4. The molecule has 0 amide bonds. The van der Waals surface area contributed by atoms with Gasteiger partial charge in [0.05, 0.1) is 23.9 Å². The Bertz CT molecular complexity index is 490. The zero-order chi connectivity index (χ0) is 13.0. The monoisotopic (exact) mass is 270 g/mol. The van der Waals surface area contributed by atoms with Crippen LogP contribution in [0.4, 0.5) is 11.6 Å². The molecule has 6 nitrogen and oxygen atoms in total. The fraction of sp³-hybridized carbons (Fsp3) is 0.636. The number of anilines is 2. The Hall–Kier alpha value is -1.37. The highest BCUT2D eigenvalue weighted by Crippen LogP contribution is 2.15. The van der Waals surface area contributed by atoms with Crippen molar-refractivity contribution < 1.29 is 8.42 Å². The van der Waals surface area contributed by atoms with Crippen molar-refractivity contribution in [3.63, 3.8) is 0 Å². The predicted molar refractivity (Wildman–Crippen MR) is 71.7 cm³/mol. The molecule has 1 aromatic rings. The summed E-state index contributed by atoms with van der Waals surface area (Å²) in [6.07, 6.45) is 4.38. The van der Waals surface area contributed by atoms with Gasteiger partial charge < -0.3 is 10.2 Å². The van der Waals surface area contributed by atoms with Crippen LogP contribution in [0.3, 0.4) is 0 Å². The van der Waals surface area contributed by atoms with E-state index >= 15 is 0 Å². The van der Waals surface area contributed by atoms with E-state index in [9.17, 15) is 8.42 Å². The highest BCUT2D eigenvalue weighted by Gasteiger charge is 2.22. The fourth-order valence-corrected chi connectivity index (χ4v) is 2.99. The number of nitrogens with zero attached hydrogens (tertiary/aromatic N) is 3. The number of aromatic nitrogens is 2. The minimum absolute atomic E-state index is 0.196. The van der Waals surface area contributed by atoms with Crippen molar-refractivity contribution in [1.82, 2.24) is 9.97 Å². The van der Waals surface area contributed by atoms with Crippen molar-refractivity contribution in [1.29, 1.82) is 0 Å². The molecule has 0 radical (unpaired) electrons. The third kappa shape index (κ3) is 3.32. The maximum Gasteiger partial charge on any atom is 0.153 e. The van der Waals surface area contributed by atoms with Gasteiger partial charge in [-0.2, -0.15) is 0 Å². The van der Waals surface area contributed by atoms with E-state index in [4.69, 9.17) is 0 Å². The minimum Gasteiger partial charge on any atom is -0.369 e. The molecular weight excluding hydrogens is 252 g/mol. The third-order valence-corrected chi connectivity index (χ3v) is 4.46. The molecule has 0 bridgehead atoms. The Morgan fingerprint density at radius 2 is 2.06 bits per heavy atom. The quantitative estimate of drug-likeness (QED) is 0.860. The summed E-state index contributed by atoms with van der Waals surface area (Å²) in [6.45, 7) is 3.93. The summed E-state index contributed by atoms with van der Waals surface area (Å²) >= 11 is 0. The van der Waals surface area contributed by atoms with Gasteiger partial charge in [-0.3, -0.25) is 4.98 Å². The molecule has 7 heteroatoms. The molecule has 0 unspecified atom stereocenters. The summed E-state index contributed by atoms with van der Waals surface area (Å²) in [4.78, 5) is 10.5. The molecule has 1 saturated heterocycles. The van der Waals surface area contributed by atoms with Crippen LogP contribution >= 0.6 is 0 Å². The van der Waals surface area contributed by atoms with Gasteiger partial charge in [-0.1, -0.05) is 6.92 Å². The van der Waals surface area contributed by atoms with Crippen molar-refractivity contribution in [2.75, 3.05) is 41.4 Å². The van der Waals surface area contributed by atoms with Crippen molar-refractivity contribution in [2.45, 2.75) is 13.3 Å². The SMILES string of the molecule is CCCNc1cncc(N2CCS(=O)(=O)CC2)n1. The zero-order valence-electron chi connectivity index (χ0n) is 10.5. The minimum atomic E-state index is -2.85. The van der Waals surface area contributed by atoms with Crippen LogP contribution in [0, 0.1) is 0 Å². The second-order valence-corrected chi connectivity index (χ2v) is 6.63. The van der Waals surface area contributed by atoms with Gasteiger partial charge in [0.2, 0.25) is 0 Å². The Morgan fingerprint density at radius 3 is 2.72 bits per heavy atom. The first-order chi connectivity index (χ1) is 8.61. The van der Waals surface area contributed by atoms with E-state index in [1.165, 1.54) is 0 Å². The van der Waals surface area contributed by atoms with Gasteiger partial charge in [0.15, 0.2) is 9.84 Å². The second kappa shape index (κ2) is 5.51. The maximum absolute atomic E-state index is 11.4. The number of hydrogen-bond acceptors (Lipinski definition) is 6. The van der Waals surface area contributed by atoms with E-state index in [0.717, 1.165) is 24.6 Å². The molecule has 1 aliphatic heterocycles. The van der Waals surface area contributed by atoms with Gasteiger partial charge >= 0.3 is 0 Å². The lowest BCUT2D eigenvalue weighted by Crippen LogP contribution is -2.40. The Balaban J connectivity index is 2.05. The van der Waals surface area contributed by atoms with Crippen LogP contribution in [0.2, 0.25) is 0 Å². The van der Waals surface area contributed by atoms with Crippen LogP contribution in [0.25, 0.3) is 0 Å². The molecule has 0 atom stereocenters. The van der Waals surface area contributed by atoms with Gasteiger partial charge in [-0.15, -0.1) is 0 Å². The van der Waals surface area contributed by atoms with Crippen LogP contribution in [0.5, 0.6) is 0 Å². The van der Waals surface area contributed by atoms with E-state index in [2.05, 4.69) is 22.2 Å². The van der Waals surface area contributed by atoms with Crippen LogP contribution in [0.1, 0.15) is 13.3 Å². The van der Waals surface area contributed by atoms with E-state index < -0.39 is 9.84 Å². The van der Waals surface area contributed by atoms with Gasteiger partial charge in [-0.05, 0) is 6.42 Å². The van der Waals surface area contributed by atoms with E-state index in [-0.39, 0.29) is 11.5 Å². The number of rotatable bonds is 4. The average molecular weight is 270 g/mol. The summed E-state index contributed by atoms with van der Waals surface area (Å²) in [5.41, 5.74) is 0. The molecule has 0 aliphatic carbocycles. The van der Waals surface area contributed by atoms with Crippen LogP contribution in [-0.4, -0.2) is 49.5 Å². The van der Waals surface area contributed by atoms with Crippen molar-refractivity contribution >= 4 is 21.5 Å².